The van der Waals surface area contributed by atoms with E-state index in [9.17, 15) is 8.42 Å². The maximum atomic E-state index is 12.2. The molecule has 0 amide bonds. The van der Waals surface area contributed by atoms with E-state index in [4.69, 9.17) is 11.6 Å². The van der Waals surface area contributed by atoms with E-state index in [0.29, 0.717) is 17.3 Å². The molecule has 2 aromatic rings. The topological polar surface area (TPSA) is 64.0 Å². The molecule has 7 heteroatoms. The zero-order valence-electron chi connectivity index (χ0n) is 11.3. The average Bonchev–Trinajstić information content (AvgIpc) is 2.80. The highest BCUT2D eigenvalue weighted by Crippen LogP contribution is 2.15. The number of hydrogen-bond acceptors (Lipinski definition) is 3. The lowest BCUT2D eigenvalue weighted by molar-refractivity contribution is 0.579. The molecule has 0 bridgehead atoms. The molecule has 0 aliphatic rings. The van der Waals surface area contributed by atoms with Gasteiger partial charge in [0, 0.05) is 18.1 Å². The summed E-state index contributed by atoms with van der Waals surface area (Å²) in [6, 6.07) is 7.03. The minimum absolute atomic E-state index is 0.216. The summed E-state index contributed by atoms with van der Waals surface area (Å²) in [6.07, 6.45) is 1.38. The predicted octanol–water partition coefficient (Wildman–Crippen LogP) is 2.34. The lowest BCUT2D eigenvalue weighted by Gasteiger charge is -2.07. The maximum Gasteiger partial charge on any atom is 0.244 e. The Kier molecular flexibility index (Phi) is 4.47. The van der Waals surface area contributed by atoms with Crippen molar-refractivity contribution in [3.63, 3.8) is 0 Å². The Hall–Kier alpha value is -1.37. The Morgan fingerprint density at radius 2 is 1.95 bits per heavy atom. The zero-order chi connectivity index (χ0) is 14.8. The fourth-order valence-electron chi connectivity index (χ4n) is 1.87. The summed E-state index contributed by atoms with van der Waals surface area (Å²) in [5.74, 6) is 0. The van der Waals surface area contributed by atoms with E-state index in [1.165, 1.54) is 6.20 Å². The van der Waals surface area contributed by atoms with Crippen LogP contribution in [0.4, 0.5) is 0 Å². The lowest BCUT2D eigenvalue weighted by Crippen LogP contribution is -2.23. The van der Waals surface area contributed by atoms with Crippen LogP contribution in [0.3, 0.4) is 0 Å². The monoisotopic (exact) mass is 313 g/mol. The second kappa shape index (κ2) is 5.95. The van der Waals surface area contributed by atoms with E-state index in [1.54, 1.807) is 35.9 Å². The first kappa shape index (κ1) is 15.0. The third-order valence-electron chi connectivity index (χ3n) is 3.03. The number of hydrogen-bond donors (Lipinski definition) is 1. The van der Waals surface area contributed by atoms with Gasteiger partial charge in [0.05, 0.1) is 11.9 Å². The van der Waals surface area contributed by atoms with Crippen molar-refractivity contribution in [2.24, 2.45) is 0 Å². The van der Waals surface area contributed by atoms with Crippen LogP contribution in [-0.4, -0.2) is 18.2 Å². The van der Waals surface area contributed by atoms with Gasteiger partial charge in [-0.3, -0.25) is 4.68 Å². The van der Waals surface area contributed by atoms with Crippen molar-refractivity contribution >= 4 is 21.6 Å². The summed E-state index contributed by atoms with van der Waals surface area (Å²) in [7, 11) is -3.55. The Labute approximate surface area is 123 Å². The molecule has 1 aromatic carbocycles. The largest absolute Gasteiger partial charge is 0.269 e. The standard InChI is InChI=1S/C13H16ClN3O2S/c1-3-17-10(2)13(9-15-17)20(18,19)16-8-11-4-6-12(14)7-5-11/h4-7,9,16H,3,8H2,1-2H3. The Balaban J connectivity index is 2.15. The van der Waals surface area contributed by atoms with Gasteiger partial charge in [0.1, 0.15) is 4.90 Å². The molecule has 0 unspecified atom stereocenters. The van der Waals surface area contributed by atoms with Crippen molar-refractivity contribution in [1.29, 1.82) is 0 Å². The van der Waals surface area contributed by atoms with Gasteiger partial charge in [0.2, 0.25) is 10.0 Å². The van der Waals surface area contributed by atoms with Crippen molar-refractivity contribution in [2.75, 3.05) is 0 Å². The number of nitrogens with one attached hydrogen (secondary N) is 1. The summed E-state index contributed by atoms with van der Waals surface area (Å²) < 4.78 is 28.7. The van der Waals surface area contributed by atoms with Crippen LogP contribution in [0.1, 0.15) is 18.2 Å². The molecule has 0 fully saturated rings. The quantitative estimate of drug-likeness (QED) is 0.921. The van der Waals surface area contributed by atoms with Crippen LogP contribution < -0.4 is 4.72 Å². The van der Waals surface area contributed by atoms with E-state index >= 15 is 0 Å². The van der Waals surface area contributed by atoms with Gasteiger partial charge in [-0.2, -0.15) is 5.10 Å². The SMILES string of the molecule is CCn1ncc(S(=O)(=O)NCc2ccc(Cl)cc2)c1C. The number of halogens is 1. The van der Waals surface area contributed by atoms with Crippen molar-refractivity contribution in [3.8, 4) is 0 Å². The molecule has 5 nitrogen and oxygen atoms in total. The van der Waals surface area contributed by atoms with Crippen LogP contribution in [0, 0.1) is 6.92 Å². The number of aromatic nitrogens is 2. The van der Waals surface area contributed by atoms with Gasteiger partial charge in [-0.1, -0.05) is 23.7 Å². The molecule has 1 heterocycles. The second-order valence-electron chi connectivity index (χ2n) is 4.36. The molecular formula is C13H16ClN3O2S. The Bertz CT molecular complexity index is 693. The molecule has 0 aliphatic heterocycles. The van der Waals surface area contributed by atoms with Gasteiger partial charge in [-0.25, -0.2) is 13.1 Å². The molecule has 0 saturated heterocycles. The molecule has 0 saturated carbocycles. The fraction of sp³-hybridized carbons (Fsp3) is 0.308. The van der Waals surface area contributed by atoms with Crippen LogP contribution in [0.2, 0.25) is 5.02 Å². The minimum atomic E-state index is -3.55. The van der Waals surface area contributed by atoms with Gasteiger partial charge >= 0.3 is 0 Å². The highest BCUT2D eigenvalue weighted by atomic mass is 35.5. The van der Waals surface area contributed by atoms with Gasteiger partial charge in [-0.05, 0) is 31.5 Å². The summed E-state index contributed by atoms with van der Waals surface area (Å²) >= 11 is 5.79. The highest BCUT2D eigenvalue weighted by molar-refractivity contribution is 7.89. The first-order chi connectivity index (χ1) is 9.44. The van der Waals surface area contributed by atoms with Gasteiger partial charge in [-0.15, -0.1) is 0 Å². The first-order valence-electron chi connectivity index (χ1n) is 6.20. The molecule has 0 aliphatic carbocycles. The van der Waals surface area contributed by atoms with E-state index in [0.717, 1.165) is 5.56 Å². The van der Waals surface area contributed by atoms with Crippen LogP contribution in [0.15, 0.2) is 35.4 Å². The van der Waals surface area contributed by atoms with E-state index in [1.807, 2.05) is 6.92 Å². The van der Waals surface area contributed by atoms with Crippen LogP contribution in [-0.2, 0) is 23.1 Å². The van der Waals surface area contributed by atoms with Crippen molar-refractivity contribution in [2.45, 2.75) is 31.8 Å². The minimum Gasteiger partial charge on any atom is -0.269 e. The molecule has 2 rings (SSSR count). The first-order valence-corrected chi connectivity index (χ1v) is 8.06. The average molecular weight is 314 g/mol. The van der Waals surface area contributed by atoms with Crippen molar-refractivity contribution in [1.82, 2.24) is 14.5 Å². The lowest BCUT2D eigenvalue weighted by atomic mass is 10.2. The molecule has 108 valence electrons. The second-order valence-corrected chi connectivity index (χ2v) is 6.53. The van der Waals surface area contributed by atoms with Crippen molar-refractivity contribution in [3.05, 3.63) is 46.7 Å². The third-order valence-corrected chi connectivity index (χ3v) is 4.78. The molecule has 1 aromatic heterocycles. The summed E-state index contributed by atoms with van der Waals surface area (Å²) in [5, 5.41) is 4.67. The van der Waals surface area contributed by atoms with Crippen molar-refractivity contribution < 1.29 is 8.42 Å². The predicted molar refractivity (Wildman–Crippen MR) is 78.1 cm³/mol. The normalized spacial score (nSPS) is 11.8. The number of nitrogens with zero attached hydrogens (tertiary/aromatic N) is 2. The Morgan fingerprint density at radius 3 is 2.50 bits per heavy atom. The van der Waals surface area contributed by atoms with Gasteiger partial charge < -0.3 is 0 Å². The van der Waals surface area contributed by atoms with Gasteiger partial charge in [0.25, 0.3) is 0 Å². The summed E-state index contributed by atoms with van der Waals surface area (Å²) in [6.45, 7) is 4.51. The van der Waals surface area contributed by atoms with Crippen LogP contribution in [0.5, 0.6) is 0 Å². The molecule has 0 spiro atoms. The zero-order valence-corrected chi connectivity index (χ0v) is 12.9. The van der Waals surface area contributed by atoms with Gasteiger partial charge in [0.15, 0.2) is 0 Å². The molecule has 0 atom stereocenters. The Morgan fingerprint density at radius 1 is 1.30 bits per heavy atom. The molecule has 0 radical (unpaired) electrons. The highest BCUT2D eigenvalue weighted by Gasteiger charge is 2.20. The molecular weight excluding hydrogens is 298 g/mol. The number of rotatable bonds is 5. The van der Waals surface area contributed by atoms with E-state index in [-0.39, 0.29) is 11.4 Å². The third kappa shape index (κ3) is 3.20. The molecule has 1 N–H and O–H groups in total. The number of aryl methyl sites for hydroxylation is 1. The van der Waals surface area contributed by atoms with Crippen LogP contribution >= 0.6 is 11.6 Å². The fourth-order valence-corrected chi connectivity index (χ4v) is 3.19. The maximum absolute atomic E-state index is 12.2. The number of sulfonamides is 1. The smallest absolute Gasteiger partial charge is 0.244 e. The molecule has 20 heavy (non-hydrogen) atoms. The van der Waals surface area contributed by atoms with E-state index in [2.05, 4.69) is 9.82 Å². The summed E-state index contributed by atoms with van der Waals surface area (Å²) in [4.78, 5) is 0.216. The summed E-state index contributed by atoms with van der Waals surface area (Å²) in [5.41, 5.74) is 1.48. The number of benzene rings is 1. The van der Waals surface area contributed by atoms with E-state index < -0.39 is 10.0 Å². The van der Waals surface area contributed by atoms with Crippen LogP contribution in [0.25, 0.3) is 0 Å².